The van der Waals surface area contributed by atoms with Crippen LogP contribution in [0.1, 0.15) is 65.2 Å². The van der Waals surface area contributed by atoms with Crippen LogP contribution in [0.15, 0.2) is 4.99 Å². The molecule has 2 N–H and O–H groups in total. The molecule has 3 unspecified atom stereocenters. The van der Waals surface area contributed by atoms with Gasteiger partial charge < -0.3 is 20.3 Å². The van der Waals surface area contributed by atoms with Crippen LogP contribution in [0.4, 0.5) is 0 Å². The second kappa shape index (κ2) is 9.41. The summed E-state index contributed by atoms with van der Waals surface area (Å²) in [5, 5.41) is 7.29. The van der Waals surface area contributed by atoms with Gasteiger partial charge in [0.1, 0.15) is 0 Å². The molecule has 5 heteroatoms. The quantitative estimate of drug-likeness (QED) is 0.562. The van der Waals surface area contributed by atoms with Gasteiger partial charge >= 0.3 is 0 Å². The van der Waals surface area contributed by atoms with Crippen molar-refractivity contribution in [2.75, 3.05) is 39.8 Å². The summed E-state index contributed by atoms with van der Waals surface area (Å²) in [5.74, 6) is 1.72. The van der Waals surface area contributed by atoms with E-state index in [2.05, 4.69) is 36.4 Å². The van der Waals surface area contributed by atoms with Crippen LogP contribution in [0.2, 0.25) is 0 Å². The molecule has 1 spiro atoms. The van der Waals surface area contributed by atoms with E-state index in [0.29, 0.717) is 23.5 Å². The third kappa shape index (κ3) is 4.53. The fourth-order valence-corrected chi connectivity index (χ4v) is 5.39. The Morgan fingerprint density at radius 2 is 2.00 bits per heavy atom. The van der Waals surface area contributed by atoms with Crippen molar-refractivity contribution in [2.45, 2.75) is 77.4 Å². The highest BCUT2D eigenvalue weighted by Crippen LogP contribution is 2.53. The van der Waals surface area contributed by atoms with Crippen LogP contribution in [-0.2, 0) is 4.74 Å². The molecule has 1 heterocycles. The summed E-state index contributed by atoms with van der Waals surface area (Å²) >= 11 is 0. The molecular weight excluding hydrogens is 324 g/mol. The summed E-state index contributed by atoms with van der Waals surface area (Å²) in [5.41, 5.74) is 0.343. The molecule has 150 valence electrons. The summed E-state index contributed by atoms with van der Waals surface area (Å²) < 4.78 is 6.10. The molecule has 26 heavy (non-hydrogen) atoms. The molecule has 0 bridgehead atoms. The van der Waals surface area contributed by atoms with Gasteiger partial charge in [-0.05, 0) is 65.5 Å². The van der Waals surface area contributed by atoms with Crippen molar-refractivity contribution in [3.8, 4) is 0 Å². The zero-order chi connectivity index (χ0) is 18.4. The SMILES string of the molecule is CCNC(=NCC1CCCN(C)C1)NC1CC(OCC)C12CCCCC2. The van der Waals surface area contributed by atoms with Crippen LogP contribution in [0, 0.1) is 11.3 Å². The number of nitrogens with one attached hydrogen (secondary N) is 2. The average Bonchev–Trinajstić information content (AvgIpc) is 2.66. The number of hydrogen-bond acceptors (Lipinski definition) is 3. The maximum Gasteiger partial charge on any atom is 0.191 e. The van der Waals surface area contributed by atoms with E-state index in [9.17, 15) is 0 Å². The Bertz CT molecular complexity index is 461. The van der Waals surface area contributed by atoms with Crippen LogP contribution in [-0.4, -0.2) is 62.8 Å². The predicted molar refractivity (Wildman–Crippen MR) is 109 cm³/mol. The van der Waals surface area contributed by atoms with Gasteiger partial charge in [0.2, 0.25) is 0 Å². The molecule has 1 saturated heterocycles. The Hall–Kier alpha value is -0.810. The van der Waals surface area contributed by atoms with Gasteiger partial charge in [0.15, 0.2) is 5.96 Å². The number of piperidine rings is 1. The monoisotopic (exact) mass is 364 g/mol. The van der Waals surface area contributed by atoms with Gasteiger partial charge in [-0.3, -0.25) is 4.99 Å². The number of rotatable bonds is 6. The van der Waals surface area contributed by atoms with E-state index in [1.165, 1.54) is 58.0 Å². The number of guanidine groups is 1. The zero-order valence-electron chi connectivity index (χ0n) is 17.2. The lowest BCUT2D eigenvalue weighted by Gasteiger charge is -2.58. The fourth-order valence-electron chi connectivity index (χ4n) is 5.39. The average molecular weight is 365 g/mol. The standard InChI is InChI=1S/C21H40N4O/c1-4-22-20(23-15-17-10-9-13-25(3)16-17)24-18-14-19(26-5-2)21(18)11-7-6-8-12-21/h17-19H,4-16H2,1-3H3,(H2,22,23,24). The van der Waals surface area contributed by atoms with Crippen molar-refractivity contribution >= 4 is 5.96 Å². The molecule has 3 atom stereocenters. The Labute approximate surface area is 160 Å². The van der Waals surface area contributed by atoms with E-state index in [1.54, 1.807) is 0 Å². The van der Waals surface area contributed by atoms with E-state index in [4.69, 9.17) is 9.73 Å². The summed E-state index contributed by atoms with van der Waals surface area (Å²) in [6, 6.07) is 0.520. The van der Waals surface area contributed by atoms with E-state index in [1.807, 2.05) is 0 Å². The Morgan fingerprint density at radius 3 is 2.69 bits per heavy atom. The molecule has 3 fully saturated rings. The molecular formula is C21H40N4O. The topological polar surface area (TPSA) is 48.9 Å². The Morgan fingerprint density at radius 1 is 1.19 bits per heavy atom. The minimum atomic E-state index is 0.343. The van der Waals surface area contributed by atoms with Crippen molar-refractivity contribution in [1.29, 1.82) is 0 Å². The van der Waals surface area contributed by atoms with Crippen LogP contribution in [0.3, 0.4) is 0 Å². The third-order valence-electron chi connectivity index (χ3n) is 6.82. The van der Waals surface area contributed by atoms with Gasteiger partial charge in [0.25, 0.3) is 0 Å². The Balaban J connectivity index is 1.60. The number of nitrogens with zero attached hydrogens (tertiary/aromatic N) is 2. The maximum absolute atomic E-state index is 6.10. The van der Waals surface area contributed by atoms with Crippen LogP contribution in [0.5, 0.6) is 0 Å². The fraction of sp³-hybridized carbons (Fsp3) is 0.952. The molecule has 2 saturated carbocycles. The summed E-state index contributed by atoms with van der Waals surface area (Å²) in [7, 11) is 2.23. The van der Waals surface area contributed by atoms with Gasteiger partial charge in [-0.1, -0.05) is 19.3 Å². The highest BCUT2D eigenvalue weighted by molar-refractivity contribution is 5.80. The molecule has 0 amide bonds. The molecule has 0 aromatic heterocycles. The van der Waals surface area contributed by atoms with Gasteiger partial charge in [-0.2, -0.15) is 0 Å². The van der Waals surface area contributed by atoms with E-state index in [-0.39, 0.29) is 0 Å². The first-order valence-corrected chi connectivity index (χ1v) is 11.0. The van der Waals surface area contributed by atoms with Crippen molar-refractivity contribution in [2.24, 2.45) is 16.3 Å². The summed E-state index contributed by atoms with van der Waals surface area (Å²) in [6.07, 6.45) is 10.9. The van der Waals surface area contributed by atoms with Crippen molar-refractivity contribution < 1.29 is 4.74 Å². The smallest absolute Gasteiger partial charge is 0.191 e. The Kier molecular flexibility index (Phi) is 7.21. The molecule has 3 rings (SSSR count). The van der Waals surface area contributed by atoms with E-state index in [0.717, 1.165) is 32.1 Å². The highest BCUT2D eigenvalue weighted by atomic mass is 16.5. The second-order valence-corrected chi connectivity index (χ2v) is 8.66. The number of ether oxygens (including phenoxy) is 1. The largest absolute Gasteiger partial charge is 0.378 e. The molecule has 0 aromatic rings. The summed E-state index contributed by atoms with van der Waals surface area (Å²) in [4.78, 5) is 7.41. The minimum Gasteiger partial charge on any atom is -0.378 e. The normalized spacial score (nSPS) is 32.3. The maximum atomic E-state index is 6.10. The second-order valence-electron chi connectivity index (χ2n) is 8.66. The van der Waals surface area contributed by atoms with Crippen molar-refractivity contribution in [3.05, 3.63) is 0 Å². The lowest BCUT2D eigenvalue weighted by atomic mass is 9.55. The lowest BCUT2D eigenvalue weighted by molar-refractivity contribution is -0.145. The molecule has 5 nitrogen and oxygen atoms in total. The van der Waals surface area contributed by atoms with Gasteiger partial charge in [0, 0.05) is 37.7 Å². The molecule has 2 aliphatic carbocycles. The third-order valence-corrected chi connectivity index (χ3v) is 6.82. The predicted octanol–water partition coefficient (Wildman–Crippen LogP) is 3.01. The van der Waals surface area contributed by atoms with E-state index >= 15 is 0 Å². The molecule has 1 aliphatic heterocycles. The van der Waals surface area contributed by atoms with E-state index < -0.39 is 0 Å². The first kappa shape index (κ1) is 19.9. The van der Waals surface area contributed by atoms with Crippen LogP contribution >= 0.6 is 0 Å². The van der Waals surface area contributed by atoms with Gasteiger partial charge in [-0.15, -0.1) is 0 Å². The first-order valence-electron chi connectivity index (χ1n) is 11.0. The first-order chi connectivity index (χ1) is 12.7. The molecule has 0 aromatic carbocycles. The van der Waals surface area contributed by atoms with Crippen molar-refractivity contribution in [3.63, 3.8) is 0 Å². The summed E-state index contributed by atoms with van der Waals surface area (Å²) in [6.45, 7) is 9.40. The lowest BCUT2D eigenvalue weighted by Crippen LogP contribution is -2.66. The number of likely N-dealkylation sites (tertiary alicyclic amines) is 1. The van der Waals surface area contributed by atoms with Crippen LogP contribution in [0.25, 0.3) is 0 Å². The van der Waals surface area contributed by atoms with Gasteiger partial charge in [-0.25, -0.2) is 0 Å². The van der Waals surface area contributed by atoms with Crippen LogP contribution < -0.4 is 10.6 Å². The minimum absolute atomic E-state index is 0.343. The number of hydrogen-bond donors (Lipinski definition) is 2. The highest BCUT2D eigenvalue weighted by Gasteiger charge is 2.55. The molecule has 0 radical (unpaired) electrons. The molecule has 3 aliphatic rings. The zero-order valence-corrected chi connectivity index (χ0v) is 17.2. The van der Waals surface area contributed by atoms with Gasteiger partial charge in [0.05, 0.1) is 6.10 Å². The van der Waals surface area contributed by atoms with Crippen molar-refractivity contribution in [1.82, 2.24) is 15.5 Å². The number of aliphatic imine (C=N–C) groups is 1.